The Kier molecular flexibility index (Phi) is 3.33. The minimum absolute atomic E-state index is 0.0987. The van der Waals surface area contributed by atoms with Crippen LogP contribution in [0, 0.1) is 0 Å². The molecule has 2 rings (SSSR count). The summed E-state index contributed by atoms with van der Waals surface area (Å²) in [5.41, 5.74) is -0.786. The molecule has 17 heavy (non-hydrogen) atoms. The predicted octanol–water partition coefficient (Wildman–Crippen LogP) is 0.156. The highest BCUT2D eigenvalue weighted by molar-refractivity contribution is 5.23. The first kappa shape index (κ1) is 11.9. The third kappa shape index (κ3) is 2.12. The number of aromatic hydroxyl groups is 1. The molecular formula is C11H16N2O4. The van der Waals surface area contributed by atoms with Gasteiger partial charge in [0.05, 0.1) is 5.56 Å². The molecule has 2 heterocycles. The summed E-state index contributed by atoms with van der Waals surface area (Å²) in [4.78, 5) is 25.5. The number of nitrogens with one attached hydrogen (secondary N) is 1. The number of rotatable bonds is 2. The topological polar surface area (TPSA) is 84.3 Å². The summed E-state index contributed by atoms with van der Waals surface area (Å²) in [5, 5.41) is 10.0. The van der Waals surface area contributed by atoms with Crippen LogP contribution in [0.2, 0.25) is 0 Å². The lowest BCUT2D eigenvalue weighted by atomic mass is 10.1. The highest BCUT2D eigenvalue weighted by Gasteiger charge is 2.22. The Hall–Kier alpha value is -1.56. The van der Waals surface area contributed by atoms with Crippen LogP contribution in [-0.4, -0.2) is 27.9 Å². The molecule has 6 heteroatoms. The van der Waals surface area contributed by atoms with E-state index in [1.165, 1.54) is 4.57 Å². The van der Waals surface area contributed by atoms with Crippen LogP contribution >= 0.6 is 0 Å². The van der Waals surface area contributed by atoms with Gasteiger partial charge in [0, 0.05) is 19.3 Å². The van der Waals surface area contributed by atoms with E-state index in [9.17, 15) is 14.7 Å². The Morgan fingerprint density at radius 2 is 2.06 bits per heavy atom. The molecule has 1 saturated heterocycles. The third-order valence-electron chi connectivity index (χ3n) is 3.12. The van der Waals surface area contributed by atoms with E-state index in [0.717, 1.165) is 0 Å². The highest BCUT2D eigenvalue weighted by atomic mass is 16.5. The van der Waals surface area contributed by atoms with Crippen LogP contribution in [0.15, 0.2) is 9.59 Å². The molecule has 0 bridgehead atoms. The maximum Gasteiger partial charge on any atom is 0.331 e. The first-order valence-corrected chi connectivity index (χ1v) is 5.79. The summed E-state index contributed by atoms with van der Waals surface area (Å²) >= 11 is 0. The largest absolute Gasteiger partial charge is 0.494 e. The number of ether oxygens (including phenoxy) is 1. The van der Waals surface area contributed by atoms with Crippen LogP contribution < -0.4 is 11.2 Å². The molecular weight excluding hydrogens is 224 g/mol. The van der Waals surface area contributed by atoms with Gasteiger partial charge in [-0.1, -0.05) is 6.92 Å². The van der Waals surface area contributed by atoms with Crippen molar-refractivity contribution in [2.75, 3.05) is 13.2 Å². The Morgan fingerprint density at radius 1 is 1.41 bits per heavy atom. The molecule has 94 valence electrons. The Bertz CT molecular complexity index is 511. The van der Waals surface area contributed by atoms with Crippen molar-refractivity contribution in [3.8, 4) is 5.88 Å². The zero-order valence-corrected chi connectivity index (χ0v) is 9.73. The van der Waals surface area contributed by atoms with Crippen molar-refractivity contribution in [1.29, 1.82) is 0 Å². The van der Waals surface area contributed by atoms with Gasteiger partial charge in [-0.2, -0.15) is 0 Å². The summed E-state index contributed by atoms with van der Waals surface area (Å²) in [6.45, 7) is 2.90. The molecule has 0 spiro atoms. The van der Waals surface area contributed by atoms with Gasteiger partial charge in [-0.15, -0.1) is 0 Å². The van der Waals surface area contributed by atoms with Crippen LogP contribution in [0.1, 0.15) is 31.4 Å². The van der Waals surface area contributed by atoms with Gasteiger partial charge in [-0.05, 0) is 19.3 Å². The second kappa shape index (κ2) is 4.75. The normalized spacial score (nSPS) is 17.2. The zero-order chi connectivity index (χ0) is 12.4. The molecule has 0 amide bonds. The average Bonchev–Trinajstić information content (AvgIpc) is 2.30. The van der Waals surface area contributed by atoms with Gasteiger partial charge >= 0.3 is 5.69 Å². The van der Waals surface area contributed by atoms with Crippen LogP contribution in [0.25, 0.3) is 0 Å². The number of H-pyrrole nitrogens is 1. The van der Waals surface area contributed by atoms with Crippen LogP contribution in [0.4, 0.5) is 0 Å². The molecule has 6 nitrogen and oxygen atoms in total. The molecule has 0 saturated carbocycles. The molecule has 0 atom stereocenters. The predicted molar refractivity (Wildman–Crippen MR) is 61.5 cm³/mol. The van der Waals surface area contributed by atoms with Gasteiger partial charge in [0.25, 0.3) is 5.56 Å². The molecule has 2 N–H and O–H groups in total. The van der Waals surface area contributed by atoms with Crippen molar-refractivity contribution < 1.29 is 9.84 Å². The maximum absolute atomic E-state index is 11.7. The van der Waals surface area contributed by atoms with E-state index < -0.39 is 11.2 Å². The summed E-state index contributed by atoms with van der Waals surface area (Å²) in [6, 6.07) is -0.0987. The molecule has 1 aromatic heterocycles. The monoisotopic (exact) mass is 240 g/mol. The van der Waals surface area contributed by atoms with Crippen LogP contribution in [0.3, 0.4) is 0 Å². The van der Waals surface area contributed by atoms with Crippen molar-refractivity contribution in [2.45, 2.75) is 32.2 Å². The quantitative estimate of drug-likeness (QED) is 0.771. The molecule has 1 aliphatic rings. The lowest BCUT2D eigenvalue weighted by Crippen LogP contribution is -2.36. The molecule has 0 aromatic carbocycles. The van der Waals surface area contributed by atoms with Gasteiger partial charge in [-0.3, -0.25) is 14.3 Å². The fourth-order valence-corrected chi connectivity index (χ4v) is 2.18. The molecule has 1 aromatic rings. The van der Waals surface area contributed by atoms with Gasteiger partial charge in [0.1, 0.15) is 0 Å². The van der Waals surface area contributed by atoms with E-state index in [1.807, 2.05) is 0 Å². The summed E-state index contributed by atoms with van der Waals surface area (Å²) in [6.07, 6.45) is 1.73. The summed E-state index contributed by atoms with van der Waals surface area (Å²) in [7, 11) is 0. The van der Waals surface area contributed by atoms with E-state index in [4.69, 9.17) is 4.74 Å². The lowest BCUT2D eigenvalue weighted by molar-refractivity contribution is 0.0658. The lowest BCUT2D eigenvalue weighted by Gasteiger charge is -2.25. The Morgan fingerprint density at radius 3 is 2.65 bits per heavy atom. The minimum atomic E-state index is -0.545. The van der Waals surface area contributed by atoms with E-state index in [0.29, 0.717) is 32.5 Å². The SMILES string of the molecule is CCc1c(O)n(C2CCOCC2)c(=O)[nH]c1=O. The van der Waals surface area contributed by atoms with E-state index in [1.54, 1.807) is 6.92 Å². The van der Waals surface area contributed by atoms with Crippen LogP contribution in [-0.2, 0) is 11.2 Å². The molecule has 0 unspecified atom stereocenters. The van der Waals surface area contributed by atoms with Crippen molar-refractivity contribution >= 4 is 0 Å². The van der Waals surface area contributed by atoms with Crippen molar-refractivity contribution in [1.82, 2.24) is 9.55 Å². The van der Waals surface area contributed by atoms with Crippen molar-refractivity contribution in [3.63, 3.8) is 0 Å². The second-order valence-electron chi connectivity index (χ2n) is 4.13. The molecule has 1 fully saturated rings. The second-order valence-corrected chi connectivity index (χ2v) is 4.13. The number of hydrogen-bond acceptors (Lipinski definition) is 4. The first-order chi connectivity index (χ1) is 8.15. The molecule has 0 radical (unpaired) electrons. The fourth-order valence-electron chi connectivity index (χ4n) is 2.18. The fraction of sp³-hybridized carbons (Fsp3) is 0.636. The van der Waals surface area contributed by atoms with Gasteiger partial charge < -0.3 is 9.84 Å². The minimum Gasteiger partial charge on any atom is -0.494 e. The smallest absolute Gasteiger partial charge is 0.331 e. The summed E-state index contributed by atoms with van der Waals surface area (Å²) in [5.74, 6) is -0.201. The van der Waals surface area contributed by atoms with E-state index >= 15 is 0 Å². The van der Waals surface area contributed by atoms with Gasteiger partial charge in [-0.25, -0.2) is 4.79 Å². The Labute approximate surface area is 97.9 Å². The van der Waals surface area contributed by atoms with Gasteiger partial charge in [0.2, 0.25) is 5.88 Å². The van der Waals surface area contributed by atoms with E-state index in [2.05, 4.69) is 4.98 Å². The Balaban J connectivity index is 2.52. The number of aromatic amines is 1. The maximum atomic E-state index is 11.7. The number of nitrogens with zero attached hydrogens (tertiary/aromatic N) is 1. The van der Waals surface area contributed by atoms with Crippen LogP contribution in [0.5, 0.6) is 5.88 Å². The first-order valence-electron chi connectivity index (χ1n) is 5.79. The molecule has 0 aliphatic carbocycles. The van der Waals surface area contributed by atoms with Crippen molar-refractivity contribution in [3.05, 3.63) is 26.4 Å². The molecule has 1 aliphatic heterocycles. The zero-order valence-electron chi connectivity index (χ0n) is 9.73. The summed E-state index contributed by atoms with van der Waals surface area (Å²) < 4.78 is 6.49. The average molecular weight is 240 g/mol. The van der Waals surface area contributed by atoms with Crippen molar-refractivity contribution in [2.24, 2.45) is 0 Å². The third-order valence-corrected chi connectivity index (χ3v) is 3.12. The number of hydrogen-bond donors (Lipinski definition) is 2. The highest BCUT2D eigenvalue weighted by Crippen LogP contribution is 2.24. The number of aromatic nitrogens is 2. The standard InChI is InChI=1S/C11H16N2O4/c1-2-8-9(14)12-11(16)13(10(8)15)7-3-5-17-6-4-7/h7,15H,2-6H2,1H3,(H,12,14,16). The van der Waals surface area contributed by atoms with E-state index in [-0.39, 0.29) is 17.5 Å². The van der Waals surface area contributed by atoms with Gasteiger partial charge in [0.15, 0.2) is 0 Å².